The molecule has 0 fully saturated rings. The molecule has 0 aliphatic carbocycles. The molecule has 1 aromatic rings. The van der Waals surface area contributed by atoms with Crippen LogP contribution in [0.25, 0.3) is 0 Å². The molecule has 18 heavy (non-hydrogen) atoms. The zero-order valence-electron chi connectivity index (χ0n) is 11.1. The second kappa shape index (κ2) is 6.98. The van der Waals surface area contributed by atoms with Gasteiger partial charge in [-0.1, -0.05) is 0 Å². The minimum absolute atomic E-state index is 0.0528. The van der Waals surface area contributed by atoms with E-state index in [0.717, 1.165) is 11.4 Å². The summed E-state index contributed by atoms with van der Waals surface area (Å²) in [6.07, 6.45) is 0. The highest BCUT2D eigenvalue weighted by molar-refractivity contribution is 5.92. The predicted octanol–water partition coefficient (Wildman–Crippen LogP) is 0.913. The molecule has 1 rings (SSSR count). The van der Waals surface area contributed by atoms with Crippen molar-refractivity contribution in [2.45, 2.75) is 13.0 Å². The quantitative estimate of drug-likeness (QED) is 0.788. The Kier molecular flexibility index (Phi) is 5.61. The third-order valence-electron chi connectivity index (χ3n) is 2.86. The number of nitrogens with two attached hydrogens (primary N) is 1. The monoisotopic (exact) mass is 251 g/mol. The van der Waals surface area contributed by atoms with Gasteiger partial charge in [0.25, 0.3) is 0 Å². The van der Waals surface area contributed by atoms with Crippen LogP contribution in [0.5, 0.6) is 5.75 Å². The number of ether oxygens (including phenoxy) is 1. The highest BCUT2D eigenvalue weighted by atomic mass is 16.5. The van der Waals surface area contributed by atoms with Gasteiger partial charge in [-0.3, -0.25) is 9.69 Å². The van der Waals surface area contributed by atoms with Crippen LogP contribution in [0.4, 0.5) is 5.69 Å². The summed E-state index contributed by atoms with van der Waals surface area (Å²) in [6, 6.07) is 7.42. The number of carbonyl (C=O) groups is 1. The molecule has 1 atom stereocenters. The van der Waals surface area contributed by atoms with Gasteiger partial charge in [0.1, 0.15) is 5.75 Å². The molecule has 1 unspecified atom stereocenters. The predicted molar refractivity (Wildman–Crippen MR) is 72.8 cm³/mol. The lowest BCUT2D eigenvalue weighted by Gasteiger charge is -2.22. The van der Waals surface area contributed by atoms with E-state index in [1.54, 1.807) is 7.11 Å². The van der Waals surface area contributed by atoms with Gasteiger partial charge in [-0.25, -0.2) is 0 Å². The number of anilines is 1. The van der Waals surface area contributed by atoms with Gasteiger partial charge in [-0.15, -0.1) is 0 Å². The van der Waals surface area contributed by atoms with Gasteiger partial charge in [0, 0.05) is 18.3 Å². The number of nitrogens with zero attached hydrogens (tertiary/aromatic N) is 1. The summed E-state index contributed by atoms with van der Waals surface area (Å²) >= 11 is 0. The van der Waals surface area contributed by atoms with Crippen LogP contribution >= 0.6 is 0 Å². The summed E-state index contributed by atoms with van der Waals surface area (Å²) in [5, 5.41) is 2.83. The van der Waals surface area contributed by atoms with Crippen molar-refractivity contribution in [3.05, 3.63) is 24.3 Å². The van der Waals surface area contributed by atoms with Crippen molar-refractivity contribution < 1.29 is 9.53 Å². The molecule has 0 radical (unpaired) electrons. The number of hydrogen-bond donors (Lipinski definition) is 2. The molecule has 1 amide bonds. The maximum absolute atomic E-state index is 11.8. The lowest BCUT2D eigenvalue weighted by Crippen LogP contribution is -2.40. The van der Waals surface area contributed by atoms with Crippen LogP contribution in [0.3, 0.4) is 0 Å². The van der Waals surface area contributed by atoms with Crippen LogP contribution in [-0.2, 0) is 4.79 Å². The number of likely N-dealkylation sites (N-methyl/N-ethyl adjacent to an activating group) is 1. The highest BCUT2D eigenvalue weighted by Crippen LogP contribution is 2.14. The number of hydrogen-bond acceptors (Lipinski definition) is 4. The van der Waals surface area contributed by atoms with Crippen LogP contribution in [0.15, 0.2) is 24.3 Å². The second-order valence-corrected chi connectivity index (χ2v) is 4.28. The smallest absolute Gasteiger partial charge is 0.238 e. The van der Waals surface area contributed by atoms with Gasteiger partial charge in [0.05, 0.1) is 13.7 Å². The van der Waals surface area contributed by atoms with E-state index < -0.39 is 0 Å². The van der Waals surface area contributed by atoms with Crippen molar-refractivity contribution in [2.75, 3.05) is 32.6 Å². The van der Waals surface area contributed by atoms with Crippen molar-refractivity contribution in [1.82, 2.24) is 4.90 Å². The molecular weight excluding hydrogens is 230 g/mol. The molecule has 0 saturated carbocycles. The van der Waals surface area contributed by atoms with Gasteiger partial charge >= 0.3 is 0 Å². The standard InChI is InChI=1S/C13H21N3O2/c1-10(8-14)16(2)9-13(17)15-11-4-6-12(18-3)7-5-11/h4-7,10H,8-9,14H2,1-3H3,(H,15,17). The number of amides is 1. The van der Waals surface area contributed by atoms with Crippen molar-refractivity contribution in [3.63, 3.8) is 0 Å². The van der Waals surface area contributed by atoms with Gasteiger partial charge in [-0.2, -0.15) is 0 Å². The maximum Gasteiger partial charge on any atom is 0.238 e. The SMILES string of the molecule is COc1ccc(NC(=O)CN(C)C(C)CN)cc1. The molecule has 3 N–H and O–H groups in total. The molecule has 5 nitrogen and oxygen atoms in total. The lowest BCUT2D eigenvalue weighted by molar-refractivity contribution is -0.117. The first-order valence-corrected chi connectivity index (χ1v) is 5.91. The van der Waals surface area contributed by atoms with E-state index >= 15 is 0 Å². The normalized spacial score (nSPS) is 12.3. The fourth-order valence-corrected chi connectivity index (χ4v) is 1.44. The zero-order chi connectivity index (χ0) is 13.5. The first kappa shape index (κ1) is 14.5. The Bertz CT molecular complexity index is 378. The van der Waals surface area contributed by atoms with Crippen LogP contribution in [0, 0.1) is 0 Å². The van der Waals surface area contributed by atoms with Crippen molar-refractivity contribution >= 4 is 11.6 Å². The Balaban J connectivity index is 2.48. The molecule has 0 aliphatic rings. The molecule has 5 heteroatoms. The first-order valence-electron chi connectivity index (χ1n) is 5.91. The van der Waals surface area contributed by atoms with Crippen LogP contribution in [0.1, 0.15) is 6.92 Å². The van der Waals surface area contributed by atoms with Crippen LogP contribution in [-0.4, -0.2) is 44.1 Å². The summed E-state index contributed by atoms with van der Waals surface area (Å²) in [5.41, 5.74) is 6.30. The number of rotatable bonds is 6. The minimum Gasteiger partial charge on any atom is -0.497 e. The van der Waals surface area contributed by atoms with Gasteiger partial charge in [0.15, 0.2) is 0 Å². The Labute approximate surface area is 108 Å². The Morgan fingerprint density at radius 1 is 1.44 bits per heavy atom. The van der Waals surface area contributed by atoms with E-state index in [-0.39, 0.29) is 11.9 Å². The molecule has 0 saturated heterocycles. The largest absolute Gasteiger partial charge is 0.497 e. The topological polar surface area (TPSA) is 67.6 Å². The maximum atomic E-state index is 11.8. The van der Waals surface area contributed by atoms with E-state index in [1.165, 1.54) is 0 Å². The summed E-state index contributed by atoms with van der Waals surface area (Å²) in [5.74, 6) is 0.713. The molecule has 0 bridgehead atoms. The minimum atomic E-state index is -0.0528. The van der Waals surface area contributed by atoms with Gasteiger partial charge in [0.2, 0.25) is 5.91 Å². The van der Waals surface area contributed by atoms with Gasteiger partial charge < -0.3 is 15.8 Å². The fourth-order valence-electron chi connectivity index (χ4n) is 1.44. The van der Waals surface area contributed by atoms with E-state index in [9.17, 15) is 4.79 Å². The summed E-state index contributed by atoms with van der Waals surface area (Å²) in [6.45, 7) is 2.84. The Morgan fingerprint density at radius 2 is 2.06 bits per heavy atom. The number of nitrogens with one attached hydrogen (secondary N) is 1. The third-order valence-corrected chi connectivity index (χ3v) is 2.86. The highest BCUT2D eigenvalue weighted by Gasteiger charge is 2.11. The Hall–Kier alpha value is -1.59. The molecule has 0 aromatic heterocycles. The molecule has 0 aliphatic heterocycles. The molecule has 100 valence electrons. The molecule has 0 spiro atoms. The van der Waals surface area contributed by atoms with Crippen molar-refractivity contribution in [3.8, 4) is 5.75 Å². The van der Waals surface area contributed by atoms with E-state index in [2.05, 4.69) is 5.32 Å². The summed E-state index contributed by atoms with van der Waals surface area (Å²) in [7, 11) is 3.49. The lowest BCUT2D eigenvalue weighted by atomic mass is 10.3. The van der Waals surface area contributed by atoms with E-state index in [1.807, 2.05) is 43.1 Å². The average molecular weight is 251 g/mol. The molecule has 0 heterocycles. The van der Waals surface area contributed by atoms with Crippen LogP contribution in [0.2, 0.25) is 0 Å². The van der Waals surface area contributed by atoms with E-state index in [0.29, 0.717) is 13.1 Å². The molecule has 1 aromatic carbocycles. The zero-order valence-corrected chi connectivity index (χ0v) is 11.1. The number of methoxy groups -OCH3 is 1. The average Bonchev–Trinajstić information content (AvgIpc) is 2.38. The first-order chi connectivity index (χ1) is 8.56. The van der Waals surface area contributed by atoms with Gasteiger partial charge in [-0.05, 0) is 38.2 Å². The molecular formula is C13H21N3O2. The summed E-state index contributed by atoms with van der Waals surface area (Å²) in [4.78, 5) is 13.7. The Morgan fingerprint density at radius 3 is 2.56 bits per heavy atom. The van der Waals surface area contributed by atoms with Crippen molar-refractivity contribution in [1.29, 1.82) is 0 Å². The van der Waals surface area contributed by atoms with E-state index in [4.69, 9.17) is 10.5 Å². The third kappa shape index (κ3) is 4.35. The van der Waals surface area contributed by atoms with Crippen molar-refractivity contribution in [2.24, 2.45) is 5.73 Å². The summed E-state index contributed by atoms with van der Waals surface area (Å²) < 4.78 is 5.05. The van der Waals surface area contributed by atoms with Crippen LogP contribution < -0.4 is 15.8 Å². The number of benzene rings is 1. The fraction of sp³-hybridized carbons (Fsp3) is 0.462. The number of carbonyl (C=O) groups excluding carboxylic acids is 1. The second-order valence-electron chi connectivity index (χ2n) is 4.28.